The van der Waals surface area contributed by atoms with E-state index in [1.165, 1.54) is 4.90 Å². The summed E-state index contributed by atoms with van der Waals surface area (Å²) in [4.78, 5) is 27.6. The zero-order chi connectivity index (χ0) is 13.1. The van der Waals surface area contributed by atoms with E-state index in [1.54, 1.807) is 24.3 Å². The lowest BCUT2D eigenvalue weighted by Gasteiger charge is -2.17. The fourth-order valence-corrected chi connectivity index (χ4v) is 2.10. The van der Waals surface area contributed by atoms with Crippen molar-refractivity contribution in [1.82, 2.24) is 9.80 Å². The molecule has 4 heteroatoms. The molecular formula is C14H18N2O2. The summed E-state index contributed by atoms with van der Waals surface area (Å²) >= 11 is 0. The number of nitrogens with zero attached hydrogens (tertiary/aromatic N) is 2. The smallest absolute Gasteiger partial charge is 0.261 e. The molecule has 4 nitrogen and oxygen atoms in total. The van der Waals surface area contributed by atoms with Crippen LogP contribution in [0.1, 0.15) is 34.1 Å². The van der Waals surface area contributed by atoms with Crippen LogP contribution in [0.3, 0.4) is 0 Å². The Kier molecular flexibility index (Phi) is 3.77. The SMILES string of the molecule is CCN(C)CCCN1C(=O)c2ccccc2C1=O. The molecule has 96 valence electrons. The zero-order valence-corrected chi connectivity index (χ0v) is 10.8. The van der Waals surface area contributed by atoms with E-state index in [9.17, 15) is 9.59 Å². The minimum absolute atomic E-state index is 0.158. The van der Waals surface area contributed by atoms with E-state index in [0.29, 0.717) is 17.7 Å². The molecule has 0 aliphatic carbocycles. The van der Waals surface area contributed by atoms with Gasteiger partial charge in [-0.25, -0.2) is 0 Å². The van der Waals surface area contributed by atoms with E-state index in [0.717, 1.165) is 19.5 Å². The summed E-state index contributed by atoms with van der Waals surface area (Å²) in [6.45, 7) is 4.45. The number of hydrogen-bond donors (Lipinski definition) is 0. The van der Waals surface area contributed by atoms with Gasteiger partial charge in [0.25, 0.3) is 11.8 Å². The van der Waals surface area contributed by atoms with Crippen LogP contribution in [0.2, 0.25) is 0 Å². The number of carbonyl (C=O) groups excluding carboxylic acids is 2. The summed E-state index contributed by atoms with van der Waals surface area (Å²) in [7, 11) is 2.03. The summed E-state index contributed by atoms with van der Waals surface area (Å²) in [6.07, 6.45) is 0.815. The highest BCUT2D eigenvalue weighted by Crippen LogP contribution is 2.22. The molecule has 2 rings (SSSR count). The van der Waals surface area contributed by atoms with Crippen molar-refractivity contribution in [2.75, 3.05) is 26.7 Å². The summed E-state index contributed by atoms with van der Waals surface area (Å²) < 4.78 is 0. The minimum atomic E-state index is -0.158. The molecule has 0 bridgehead atoms. The number of rotatable bonds is 5. The molecule has 0 N–H and O–H groups in total. The number of benzene rings is 1. The maximum atomic E-state index is 12.0. The van der Waals surface area contributed by atoms with Crippen molar-refractivity contribution in [3.8, 4) is 0 Å². The van der Waals surface area contributed by atoms with Crippen molar-refractivity contribution in [1.29, 1.82) is 0 Å². The van der Waals surface area contributed by atoms with Gasteiger partial charge in [-0.2, -0.15) is 0 Å². The molecule has 1 aromatic rings. The number of imide groups is 1. The monoisotopic (exact) mass is 246 g/mol. The number of fused-ring (bicyclic) bond motifs is 1. The van der Waals surface area contributed by atoms with Crippen molar-refractivity contribution in [2.45, 2.75) is 13.3 Å². The molecule has 18 heavy (non-hydrogen) atoms. The van der Waals surface area contributed by atoms with Crippen molar-refractivity contribution in [3.05, 3.63) is 35.4 Å². The molecule has 0 fully saturated rings. The van der Waals surface area contributed by atoms with Gasteiger partial charge in [0.2, 0.25) is 0 Å². The molecule has 0 saturated heterocycles. The van der Waals surface area contributed by atoms with Gasteiger partial charge >= 0.3 is 0 Å². The Morgan fingerprint density at radius 1 is 1.11 bits per heavy atom. The fraction of sp³-hybridized carbons (Fsp3) is 0.429. The average Bonchev–Trinajstić information content (AvgIpc) is 2.64. The Bertz CT molecular complexity index is 436. The van der Waals surface area contributed by atoms with Crippen LogP contribution in [0.5, 0.6) is 0 Å². The molecule has 1 heterocycles. The quantitative estimate of drug-likeness (QED) is 0.741. The van der Waals surface area contributed by atoms with Gasteiger partial charge in [0.1, 0.15) is 0 Å². The Morgan fingerprint density at radius 3 is 2.17 bits per heavy atom. The Balaban J connectivity index is 2.01. The fourth-order valence-electron chi connectivity index (χ4n) is 2.10. The van der Waals surface area contributed by atoms with E-state index in [-0.39, 0.29) is 11.8 Å². The number of amides is 2. The van der Waals surface area contributed by atoms with E-state index < -0.39 is 0 Å². The van der Waals surface area contributed by atoms with Crippen LogP contribution < -0.4 is 0 Å². The maximum Gasteiger partial charge on any atom is 0.261 e. The Hall–Kier alpha value is -1.68. The average molecular weight is 246 g/mol. The second kappa shape index (κ2) is 5.31. The maximum absolute atomic E-state index is 12.0. The van der Waals surface area contributed by atoms with Crippen LogP contribution in [0.4, 0.5) is 0 Å². The zero-order valence-electron chi connectivity index (χ0n) is 10.8. The molecule has 1 aliphatic rings. The number of hydrogen-bond acceptors (Lipinski definition) is 3. The molecule has 2 amide bonds. The molecule has 0 saturated carbocycles. The third-order valence-corrected chi connectivity index (χ3v) is 3.34. The molecule has 1 aromatic carbocycles. The van der Waals surface area contributed by atoms with Crippen molar-refractivity contribution >= 4 is 11.8 Å². The highest BCUT2D eigenvalue weighted by Gasteiger charge is 2.34. The first-order valence-electron chi connectivity index (χ1n) is 6.29. The normalized spacial score (nSPS) is 14.5. The third-order valence-electron chi connectivity index (χ3n) is 3.34. The molecule has 1 aliphatic heterocycles. The summed E-state index contributed by atoms with van der Waals surface area (Å²) in [5.41, 5.74) is 1.07. The molecule has 0 aromatic heterocycles. The first-order chi connectivity index (χ1) is 8.65. The van der Waals surface area contributed by atoms with Gasteiger partial charge in [-0.3, -0.25) is 14.5 Å². The highest BCUT2D eigenvalue weighted by molar-refractivity contribution is 6.21. The van der Waals surface area contributed by atoms with Crippen molar-refractivity contribution in [3.63, 3.8) is 0 Å². The van der Waals surface area contributed by atoms with Crippen molar-refractivity contribution < 1.29 is 9.59 Å². The molecule has 0 radical (unpaired) electrons. The predicted octanol–water partition coefficient (Wildman–Crippen LogP) is 1.62. The van der Waals surface area contributed by atoms with Gasteiger partial charge in [0.15, 0.2) is 0 Å². The van der Waals surface area contributed by atoms with Gasteiger partial charge < -0.3 is 4.90 Å². The molecule has 0 atom stereocenters. The van der Waals surface area contributed by atoms with Crippen LogP contribution in [-0.4, -0.2) is 48.3 Å². The lowest BCUT2D eigenvalue weighted by atomic mass is 10.1. The van der Waals surface area contributed by atoms with Gasteiger partial charge in [-0.1, -0.05) is 19.1 Å². The summed E-state index contributed by atoms with van der Waals surface area (Å²) in [6, 6.07) is 7.01. The third kappa shape index (κ3) is 2.29. The van der Waals surface area contributed by atoms with Gasteiger partial charge in [-0.05, 0) is 38.7 Å². The van der Waals surface area contributed by atoms with Crippen LogP contribution in [0.25, 0.3) is 0 Å². The second-order valence-corrected chi connectivity index (χ2v) is 4.56. The Labute approximate surface area is 107 Å². The summed E-state index contributed by atoms with van der Waals surface area (Å²) in [5, 5.41) is 0. The standard InChI is InChI=1S/C14H18N2O2/c1-3-15(2)9-6-10-16-13(17)11-7-4-5-8-12(11)14(16)18/h4-5,7-8H,3,6,9-10H2,1-2H3. The lowest BCUT2D eigenvalue weighted by molar-refractivity contribution is 0.0649. The van der Waals surface area contributed by atoms with Gasteiger partial charge in [0.05, 0.1) is 11.1 Å². The van der Waals surface area contributed by atoms with Crippen LogP contribution in [-0.2, 0) is 0 Å². The van der Waals surface area contributed by atoms with E-state index in [4.69, 9.17) is 0 Å². The highest BCUT2D eigenvalue weighted by atomic mass is 16.2. The van der Waals surface area contributed by atoms with E-state index in [2.05, 4.69) is 11.8 Å². The van der Waals surface area contributed by atoms with Gasteiger partial charge in [0, 0.05) is 6.54 Å². The second-order valence-electron chi connectivity index (χ2n) is 4.56. The summed E-state index contributed by atoms with van der Waals surface area (Å²) in [5.74, 6) is -0.315. The minimum Gasteiger partial charge on any atom is -0.307 e. The van der Waals surface area contributed by atoms with Crippen LogP contribution >= 0.6 is 0 Å². The first-order valence-corrected chi connectivity index (χ1v) is 6.29. The van der Waals surface area contributed by atoms with Gasteiger partial charge in [-0.15, -0.1) is 0 Å². The number of carbonyl (C=O) groups is 2. The van der Waals surface area contributed by atoms with E-state index >= 15 is 0 Å². The molecule has 0 spiro atoms. The first kappa shape index (κ1) is 12.8. The lowest BCUT2D eigenvalue weighted by Crippen LogP contribution is -2.32. The Morgan fingerprint density at radius 2 is 1.67 bits per heavy atom. The molecular weight excluding hydrogens is 228 g/mol. The predicted molar refractivity (Wildman–Crippen MR) is 69.6 cm³/mol. The molecule has 0 unspecified atom stereocenters. The topological polar surface area (TPSA) is 40.6 Å². The van der Waals surface area contributed by atoms with Crippen LogP contribution in [0, 0.1) is 0 Å². The largest absolute Gasteiger partial charge is 0.307 e. The van der Waals surface area contributed by atoms with Crippen LogP contribution in [0.15, 0.2) is 24.3 Å². The van der Waals surface area contributed by atoms with Crippen molar-refractivity contribution in [2.24, 2.45) is 0 Å². The van der Waals surface area contributed by atoms with E-state index in [1.807, 2.05) is 7.05 Å².